The Morgan fingerprint density at radius 3 is 2.50 bits per heavy atom. The quantitative estimate of drug-likeness (QED) is 0.537. The molecular weight excluding hydrogens is 474 g/mol. The van der Waals surface area contributed by atoms with Crippen molar-refractivity contribution < 1.29 is 14.4 Å². The van der Waals surface area contributed by atoms with E-state index in [4.69, 9.17) is 11.6 Å². The van der Waals surface area contributed by atoms with Crippen molar-refractivity contribution in [2.24, 2.45) is 5.92 Å². The summed E-state index contributed by atoms with van der Waals surface area (Å²) in [5.41, 5.74) is 2.76. The molecule has 2 N–H and O–H groups in total. The zero-order valence-electron chi connectivity index (χ0n) is 18.6. The number of rotatable bonds is 6. The molecule has 2 heterocycles. The minimum Gasteiger partial charge on any atom is -0.352 e. The van der Waals surface area contributed by atoms with E-state index >= 15 is 0 Å². The number of anilines is 1. The predicted octanol–water partition coefficient (Wildman–Crippen LogP) is 3.92. The maximum atomic E-state index is 13.0. The third-order valence-electron chi connectivity index (χ3n) is 5.57. The highest BCUT2D eigenvalue weighted by atomic mass is 35.5. The van der Waals surface area contributed by atoms with Gasteiger partial charge in [0.25, 0.3) is 11.8 Å². The monoisotopic (exact) mass is 497 g/mol. The van der Waals surface area contributed by atoms with Gasteiger partial charge < -0.3 is 15.5 Å². The smallest absolute Gasteiger partial charge is 0.286 e. The number of amides is 3. The van der Waals surface area contributed by atoms with Crippen LogP contribution in [-0.2, 0) is 11.3 Å². The van der Waals surface area contributed by atoms with E-state index < -0.39 is 5.91 Å². The summed E-state index contributed by atoms with van der Waals surface area (Å²) in [5, 5.41) is 14.2. The molecule has 0 radical (unpaired) electrons. The fraction of sp³-hybridized carbons (Fsp3) is 0.292. The van der Waals surface area contributed by atoms with Crippen molar-refractivity contribution in [1.82, 2.24) is 20.4 Å². The van der Waals surface area contributed by atoms with E-state index in [1.54, 1.807) is 29.2 Å². The highest BCUT2D eigenvalue weighted by molar-refractivity contribution is 7.15. The van der Waals surface area contributed by atoms with Gasteiger partial charge in [-0.1, -0.05) is 52.8 Å². The van der Waals surface area contributed by atoms with Gasteiger partial charge in [-0.3, -0.25) is 14.4 Å². The number of benzene rings is 2. The third-order valence-corrected chi connectivity index (χ3v) is 6.73. The van der Waals surface area contributed by atoms with E-state index in [9.17, 15) is 14.4 Å². The Hall–Kier alpha value is -3.30. The normalized spacial score (nSPS) is 15.6. The highest BCUT2D eigenvalue weighted by Gasteiger charge is 2.30. The second-order valence-electron chi connectivity index (χ2n) is 8.17. The average Bonchev–Trinajstić information content (AvgIpc) is 3.35. The average molecular weight is 498 g/mol. The lowest BCUT2D eigenvalue weighted by molar-refractivity contribution is -0.126. The van der Waals surface area contributed by atoms with Crippen LogP contribution in [0, 0.1) is 12.8 Å². The van der Waals surface area contributed by atoms with Gasteiger partial charge in [-0.2, -0.15) is 0 Å². The van der Waals surface area contributed by atoms with Gasteiger partial charge in [0.05, 0.1) is 5.92 Å². The van der Waals surface area contributed by atoms with Crippen molar-refractivity contribution in [2.45, 2.75) is 26.3 Å². The first-order valence-corrected chi connectivity index (χ1v) is 12.1. The maximum Gasteiger partial charge on any atom is 0.286 e. The van der Waals surface area contributed by atoms with Crippen molar-refractivity contribution in [3.05, 3.63) is 74.7 Å². The lowest BCUT2D eigenvalue weighted by Gasteiger charge is -2.31. The molecule has 3 aromatic rings. The topological polar surface area (TPSA) is 104 Å². The summed E-state index contributed by atoms with van der Waals surface area (Å²) in [6.07, 6.45) is 1.44. The van der Waals surface area contributed by atoms with Crippen LogP contribution in [0.5, 0.6) is 0 Å². The number of hydrogen-bond donors (Lipinski definition) is 2. The maximum absolute atomic E-state index is 13.0. The van der Waals surface area contributed by atoms with Crippen molar-refractivity contribution in [3.8, 4) is 0 Å². The Bertz CT molecular complexity index is 1180. The van der Waals surface area contributed by atoms with E-state index in [1.165, 1.54) is 5.56 Å². The summed E-state index contributed by atoms with van der Waals surface area (Å²) in [6, 6.07) is 14.7. The first-order chi connectivity index (χ1) is 16.4. The number of piperidine rings is 1. The Labute approximate surface area is 206 Å². The summed E-state index contributed by atoms with van der Waals surface area (Å²) in [6.45, 7) is 3.31. The van der Waals surface area contributed by atoms with E-state index in [1.807, 2.05) is 31.2 Å². The molecule has 1 aromatic heterocycles. The molecule has 1 aliphatic heterocycles. The van der Waals surface area contributed by atoms with Gasteiger partial charge in [-0.25, -0.2) is 0 Å². The Morgan fingerprint density at radius 1 is 1.06 bits per heavy atom. The number of hydrogen-bond acceptors (Lipinski definition) is 6. The minimum absolute atomic E-state index is 0.0710. The van der Waals surface area contributed by atoms with Crippen LogP contribution in [0.3, 0.4) is 0 Å². The van der Waals surface area contributed by atoms with Gasteiger partial charge in [0.1, 0.15) is 0 Å². The van der Waals surface area contributed by atoms with E-state index in [-0.39, 0.29) is 27.7 Å². The van der Waals surface area contributed by atoms with Gasteiger partial charge >= 0.3 is 0 Å². The molecule has 0 spiro atoms. The zero-order valence-corrected chi connectivity index (χ0v) is 20.2. The number of nitrogens with one attached hydrogen (secondary N) is 2. The van der Waals surface area contributed by atoms with Crippen LogP contribution in [0.15, 0.2) is 48.5 Å². The second-order valence-corrected chi connectivity index (χ2v) is 9.58. The number of aromatic nitrogens is 2. The van der Waals surface area contributed by atoms with E-state index in [0.717, 1.165) is 23.3 Å². The third kappa shape index (κ3) is 5.98. The van der Waals surface area contributed by atoms with Crippen LogP contribution in [0.25, 0.3) is 0 Å². The number of halogens is 1. The fourth-order valence-electron chi connectivity index (χ4n) is 3.67. The number of carbonyl (C=O) groups is 3. The summed E-state index contributed by atoms with van der Waals surface area (Å²) >= 11 is 6.79. The summed E-state index contributed by atoms with van der Waals surface area (Å²) < 4.78 is 0. The molecule has 34 heavy (non-hydrogen) atoms. The lowest BCUT2D eigenvalue weighted by atomic mass is 9.97. The van der Waals surface area contributed by atoms with Crippen molar-refractivity contribution >= 4 is 46.3 Å². The predicted molar refractivity (Wildman–Crippen MR) is 131 cm³/mol. The van der Waals surface area contributed by atoms with E-state index in [0.29, 0.717) is 36.8 Å². The van der Waals surface area contributed by atoms with Gasteiger partial charge in [-0.15, -0.1) is 10.2 Å². The lowest BCUT2D eigenvalue weighted by Crippen LogP contribution is -2.45. The molecule has 0 saturated carbocycles. The summed E-state index contributed by atoms with van der Waals surface area (Å²) in [4.78, 5) is 39.7. The minimum atomic E-state index is -0.453. The molecule has 3 amide bonds. The molecule has 10 heteroatoms. The first kappa shape index (κ1) is 23.8. The largest absolute Gasteiger partial charge is 0.352 e. The zero-order chi connectivity index (χ0) is 24.1. The van der Waals surface area contributed by atoms with Crippen LogP contribution in [0.1, 0.15) is 43.6 Å². The first-order valence-electron chi connectivity index (χ1n) is 10.9. The number of nitrogens with zero attached hydrogens (tertiary/aromatic N) is 3. The van der Waals surface area contributed by atoms with Gasteiger partial charge in [0.15, 0.2) is 0 Å². The molecule has 1 atom stereocenters. The van der Waals surface area contributed by atoms with Crippen molar-refractivity contribution in [2.75, 3.05) is 18.4 Å². The van der Waals surface area contributed by atoms with Gasteiger partial charge in [0.2, 0.25) is 15.9 Å². The van der Waals surface area contributed by atoms with Gasteiger partial charge in [0, 0.05) is 30.3 Å². The molecule has 0 bridgehead atoms. The molecule has 1 fully saturated rings. The molecule has 176 valence electrons. The van der Waals surface area contributed by atoms with Crippen LogP contribution >= 0.6 is 22.9 Å². The number of aryl methyl sites for hydroxylation is 1. The molecule has 2 aromatic carbocycles. The Kier molecular flexibility index (Phi) is 7.54. The highest BCUT2D eigenvalue weighted by Crippen LogP contribution is 2.21. The number of likely N-dealkylation sites (tertiary alicyclic amines) is 1. The Morgan fingerprint density at radius 2 is 1.76 bits per heavy atom. The molecule has 1 saturated heterocycles. The Balaban J connectivity index is 1.33. The molecule has 4 rings (SSSR count). The molecule has 0 unspecified atom stereocenters. The fourth-order valence-corrected chi connectivity index (χ4v) is 4.50. The van der Waals surface area contributed by atoms with Crippen LogP contribution in [0.2, 0.25) is 5.02 Å². The van der Waals surface area contributed by atoms with Crippen LogP contribution < -0.4 is 10.6 Å². The molecular formula is C24H24ClN5O3S. The summed E-state index contributed by atoms with van der Waals surface area (Å²) in [7, 11) is 0. The number of carbonyl (C=O) groups excluding carboxylic acids is 3. The van der Waals surface area contributed by atoms with E-state index in [2.05, 4.69) is 20.8 Å². The molecule has 1 aliphatic rings. The van der Waals surface area contributed by atoms with Crippen molar-refractivity contribution in [1.29, 1.82) is 0 Å². The molecule has 8 nitrogen and oxygen atoms in total. The second kappa shape index (κ2) is 10.8. The standard InChI is InChI=1S/C24H24ClN5O3S/c1-15-4-6-16(7-5-15)13-26-20(31)17-3-2-12-30(14-17)24(33)23-29-28-22(34-23)21(32)27-19-10-8-18(25)9-11-19/h4-11,17H,2-3,12-14H2,1H3,(H,26,31)(H,27,32)/t17-/m1/s1. The van der Waals surface area contributed by atoms with Gasteiger partial charge in [-0.05, 0) is 49.6 Å². The van der Waals surface area contributed by atoms with Crippen LogP contribution in [0.4, 0.5) is 5.69 Å². The SMILES string of the molecule is Cc1ccc(CNC(=O)[C@@H]2CCCN(C(=O)c3nnc(C(=O)Nc4ccc(Cl)cc4)s3)C2)cc1. The van der Waals surface area contributed by atoms with Crippen LogP contribution in [-0.4, -0.2) is 45.9 Å². The summed E-state index contributed by atoms with van der Waals surface area (Å²) in [5.74, 6) is -1.13. The molecule has 0 aliphatic carbocycles. The van der Waals surface area contributed by atoms with Crippen molar-refractivity contribution in [3.63, 3.8) is 0 Å².